The van der Waals surface area contributed by atoms with Crippen LogP contribution in [0, 0.1) is 5.82 Å². The summed E-state index contributed by atoms with van der Waals surface area (Å²) in [6.45, 7) is 3.40. The van der Waals surface area contributed by atoms with Crippen molar-refractivity contribution in [2.45, 2.75) is 43.6 Å². The van der Waals surface area contributed by atoms with Gasteiger partial charge in [0.25, 0.3) is 0 Å². The number of carbonyl (C=O) groups excluding carboxylic acids is 1. The number of hydrogen-bond donors (Lipinski definition) is 2. The minimum absolute atomic E-state index is 0.0448. The third-order valence-electron chi connectivity index (χ3n) is 5.07. The average molecular weight is 320 g/mol. The summed E-state index contributed by atoms with van der Waals surface area (Å²) in [4.78, 5) is 14.8. The molecule has 1 aliphatic heterocycles. The Morgan fingerprint density at radius 3 is 2.65 bits per heavy atom. The Kier molecular flexibility index (Phi) is 4.97. The predicted octanol–water partition coefficient (Wildman–Crippen LogP) is 1.82. The molecule has 1 heterocycles. The highest BCUT2D eigenvalue weighted by atomic mass is 19.1. The Morgan fingerprint density at radius 1 is 1.30 bits per heavy atom. The molecule has 1 saturated heterocycles. The maximum absolute atomic E-state index is 13.9. The van der Waals surface area contributed by atoms with Gasteiger partial charge in [-0.3, -0.25) is 4.79 Å². The Balaban J connectivity index is 1.44. The van der Waals surface area contributed by atoms with Gasteiger partial charge >= 0.3 is 0 Å². The van der Waals surface area contributed by atoms with E-state index in [9.17, 15) is 14.3 Å². The first kappa shape index (κ1) is 16.4. The van der Waals surface area contributed by atoms with Crippen LogP contribution in [0.4, 0.5) is 4.39 Å². The van der Waals surface area contributed by atoms with E-state index in [1.165, 1.54) is 6.07 Å². The molecule has 4 nitrogen and oxygen atoms in total. The molecular formula is C18H25FN2O2. The number of likely N-dealkylation sites (tertiary alicyclic amines) is 1. The van der Waals surface area contributed by atoms with E-state index < -0.39 is 5.41 Å². The first-order valence-corrected chi connectivity index (χ1v) is 8.55. The molecule has 5 heteroatoms. The molecule has 0 spiro atoms. The van der Waals surface area contributed by atoms with Crippen molar-refractivity contribution < 1.29 is 14.3 Å². The van der Waals surface area contributed by atoms with Gasteiger partial charge in [-0.15, -0.1) is 0 Å². The van der Waals surface area contributed by atoms with Gasteiger partial charge in [-0.2, -0.15) is 0 Å². The molecule has 1 saturated carbocycles. The lowest BCUT2D eigenvalue weighted by Gasteiger charge is -2.29. The minimum atomic E-state index is -0.638. The van der Waals surface area contributed by atoms with Gasteiger partial charge in [-0.1, -0.05) is 18.2 Å². The van der Waals surface area contributed by atoms with E-state index in [1.54, 1.807) is 18.2 Å². The van der Waals surface area contributed by atoms with Crippen molar-refractivity contribution in [3.8, 4) is 0 Å². The number of rotatable bonds is 6. The maximum Gasteiger partial charge on any atom is 0.230 e. The summed E-state index contributed by atoms with van der Waals surface area (Å²) in [6.07, 6.45) is 3.86. The molecule has 0 radical (unpaired) electrons. The van der Waals surface area contributed by atoms with Crippen LogP contribution in [0.5, 0.6) is 0 Å². The molecule has 2 N–H and O–H groups in total. The second-order valence-electron chi connectivity index (χ2n) is 6.74. The Morgan fingerprint density at radius 2 is 2.00 bits per heavy atom. The fourth-order valence-electron chi connectivity index (χ4n) is 3.41. The van der Waals surface area contributed by atoms with E-state index in [-0.39, 0.29) is 17.8 Å². The van der Waals surface area contributed by atoms with Crippen molar-refractivity contribution >= 4 is 5.91 Å². The number of piperidine rings is 1. The van der Waals surface area contributed by atoms with Crippen LogP contribution >= 0.6 is 0 Å². The topological polar surface area (TPSA) is 52.6 Å². The molecule has 2 fully saturated rings. The van der Waals surface area contributed by atoms with Crippen molar-refractivity contribution in [1.82, 2.24) is 10.2 Å². The van der Waals surface area contributed by atoms with Gasteiger partial charge in [0.2, 0.25) is 5.91 Å². The van der Waals surface area contributed by atoms with Crippen molar-refractivity contribution in [2.24, 2.45) is 0 Å². The van der Waals surface area contributed by atoms with Gasteiger partial charge in [-0.25, -0.2) is 4.39 Å². The number of nitrogens with one attached hydrogen (secondary N) is 1. The molecule has 1 aromatic rings. The van der Waals surface area contributed by atoms with Crippen LogP contribution in [0.25, 0.3) is 0 Å². The van der Waals surface area contributed by atoms with E-state index >= 15 is 0 Å². The number of aliphatic hydroxyl groups is 1. The molecular weight excluding hydrogens is 295 g/mol. The summed E-state index contributed by atoms with van der Waals surface area (Å²) in [5.74, 6) is -0.330. The largest absolute Gasteiger partial charge is 0.393 e. The summed E-state index contributed by atoms with van der Waals surface area (Å²) in [5.41, 5.74) is -0.108. The SMILES string of the molecule is O=C(NCCCN1CCC(O)CC1)C1(c2ccccc2F)CC1. The van der Waals surface area contributed by atoms with Crippen LogP contribution in [0.3, 0.4) is 0 Å². The van der Waals surface area contributed by atoms with Crippen molar-refractivity contribution in [1.29, 1.82) is 0 Å². The number of hydrogen-bond acceptors (Lipinski definition) is 3. The number of benzene rings is 1. The van der Waals surface area contributed by atoms with Crippen LogP contribution in [0.2, 0.25) is 0 Å². The van der Waals surface area contributed by atoms with E-state index in [4.69, 9.17) is 0 Å². The van der Waals surface area contributed by atoms with Crippen LogP contribution in [0.1, 0.15) is 37.7 Å². The zero-order chi connectivity index (χ0) is 16.3. The highest BCUT2D eigenvalue weighted by Crippen LogP contribution is 2.49. The third-order valence-corrected chi connectivity index (χ3v) is 5.07. The maximum atomic E-state index is 13.9. The molecule has 1 amide bonds. The number of halogens is 1. The van der Waals surface area contributed by atoms with Gasteiger partial charge in [0.1, 0.15) is 5.82 Å². The van der Waals surface area contributed by atoms with Crippen molar-refractivity contribution in [3.05, 3.63) is 35.6 Å². The molecule has 1 aliphatic carbocycles. The highest BCUT2D eigenvalue weighted by molar-refractivity contribution is 5.91. The molecule has 2 aliphatic rings. The zero-order valence-electron chi connectivity index (χ0n) is 13.4. The first-order valence-electron chi connectivity index (χ1n) is 8.55. The second-order valence-corrected chi connectivity index (χ2v) is 6.74. The fraction of sp³-hybridized carbons (Fsp3) is 0.611. The van der Waals surface area contributed by atoms with Crippen LogP contribution in [0.15, 0.2) is 24.3 Å². The van der Waals surface area contributed by atoms with E-state index in [2.05, 4.69) is 10.2 Å². The number of aliphatic hydroxyl groups excluding tert-OH is 1. The molecule has 0 aromatic heterocycles. The summed E-state index contributed by atoms with van der Waals surface area (Å²) in [5, 5.41) is 12.5. The average Bonchev–Trinajstić information content (AvgIpc) is 3.35. The molecule has 0 atom stereocenters. The quantitative estimate of drug-likeness (QED) is 0.786. The van der Waals surface area contributed by atoms with Gasteiger partial charge < -0.3 is 15.3 Å². The first-order chi connectivity index (χ1) is 11.1. The van der Waals surface area contributed by atoms with E-state index in [1.807, 2.05) is 0 Å². The highest BCUT2D eigenvalue weighted by Gasteiger charge is 2.52. The molecule has 23 heavy (non-hydrogen) atoms. The lowest BCUT2D eigenvalue weighted by molar-refractivity contribution is -0.123. The normalized spacial score (nSPS) is 21.1. The minimum Gasteiger partial charge on any atom is -0.393 e. The summed E-state index contributed by atoms with van der Waals surface area (Å²) in [7, 11) is 0. The Labute approximate surface area is 136 Å². The summed E-state index contributed by atoms with van der Waals surface area (Å²) in [6, 6.07) is 6.59. The molecule has 0 bridgehead atoms. The molecule has 1 aromatic carbocycles. The van der Waals surface area contributed by atoms with Crippen molar-refractivity contribution in [3.63, 3.8) is 0 Å². The monoisotopic (exact) mass is 320 g/mol. The lowest BCUT2D eigenvalue weighted by Crippen LogP contribution is -2.39. The molecule has 126 valence electrons. The van der Waals surface area contributed by atoms with E-state index in [0.717, 1.165) is 51.7 Å². The van der Waals surface area contributed by atoms with Gasteiger partial charge in [-0.05, 0) is 44.7 Å². The molecule has 3 rings (SSSR count). The van der Waals surface area contributed by atoms with Crippen LogP contribution < -0.4 is 5.32 Å². The Hall–Kier alpha value is -1.46. The smallest absolute Gasteiger partial charge is 0.230 e. The predicted molar refractivity (Wildman–Crippen MR) is 86.6 cm³/mol. The van der Waals surface area contributed by atoms with Crippen LogP contribution in [-0.4, -0.2) is 48.2 Å². The zero-order valence-corrected chi connectivity index (χ0v) is 13.4. The second kappa shape index (κ2) is 6.97. The number of carbonyl (C=O) groups is 1. The van der Waals surface area contributed by atoms with Crippen LogP contribution in [-0.2, 0) is 10.2 Å². The molecule has 0 unspecified atom stereocenters. The summed E-state index contributed by atoms with van der Waals surface area (Å²) >= 11 is 0. The van der Waals surface area contributed by atoms with Gasteiger partial charge in [0.15, 0.2) is 0 Å². The van der Waals surface area contributed by atoms with E-state index in [0.29, 0.717) is 12.1 Å². The summed E-state index contributed by atoms with van der Waals surface area (Å²) < 4.78 is 13.9. The standard InChI is InChI=1S/C18H25FN2O2/c19-16-5-2-1-4-15(16)18(8-9-18)17(23)20-10-3-11-21-12-6-14(22)7-13-21/h1-2,4-5,14,22H,3,6-13H2,(H,20,23). The van der Waals surface area contributed by atoms with Crippen molar-refractivity contribution in [2.75, 3.05) is 26.2 Å². The van der Waals surface area contributed by atoms with Gasteiger partial charge in [0, 0.05) is 25.2 Å². The lowest BCUT2D eigenvalue weighted by atomic mass is 9.94. The Bertz CT molecular complexity index is 552. The number of amides is 1. The number of nitrogens with zero attached hydrogens (tertiary/aromatic N) is 1. The fourth-order valence-corrected chi connectivity index (χ4v) is 3.41. The third kappa shape index (κ3) is 3.72. The van der Waals surface area contributed by atoms with Gasteiger partial charge in [0.05, 0.1) is 11.5 Å².